The molecule has 1 saturated heterocycles. The molecule has 4 aliphatic rings. The lowest BCUT2D eigenvalue weighted by Crippen LogP contribution is -2.63. The van der Waals surface area contributed by atoms with Crippen molar-refractivity contribution in [3.05, 3.63) is 51.0 Å². The zero-order valence-corrected chi connectivity index (χ0v) is 22.0. The van der Waals surface area contributed by atoms with Gasteiger partial charge in [-0.1, -0.05) is 6.92 Å². The molecule has 0 spiro atoms. The Hall–Kier alpha value is -3.42. The molecular weight excluding hydrogens is 535 g/mol. The zero-order valence-electron chi connectivity index (χ0n) is 22.0. The third kappa shape index (κ3) is 3.63. The highest BCUT2D eigenvalue weighted by Gasteiger charge is 2.63. The van der Waals surface area contributed by atoms with E-state index in [2.05, 4.69) is 0 Å². The number of aliphatic hydroxyl groups excluding tert-OH is 2. The number of phenols is 1. The predicted octanol–water partition coefficient (Wildman–Crippen LogP) is 1.91. The molecule has 13 heteroatoms. The van der Waals surface area contributed by atoms with Crippen molar-refractivity contribution in [3.63, 3.8) is 0 Å². The fourth-order valence-electron chi connectivity index (χ4n) is 7.12. The van der Waals surface area contributed by atoms with Crippen molar-refractivity contribution < 1.29 is 48.0 Å². The van der Waals surface area contributed by atoms with Crippen LogP contribution in [0.15, 0.2) is 28.7 Å². The molecule has 1 heterocycles. The Bertz CT molecular complexity index is 1410. The summed E-state index contributed by atoms with van der Waals surface area (Å²) in [7, 11) is 2.94. The molecule has 1 aromatic rings. The third-order valence-electron chi connectivity index (χ3n) is 8.93. The van der Waals surface area contributed by atoms with E-state index in [9.17, 15) is 48.0 Å². The summed E-state index contributed by atoms with van der Waals surface area (Å²) in [5, 5.41) is 44.6. The van der Waals surface area contributed by atoms with Crippen LogP contribution in [0.5, 0.6) is 5.75 Å². The van der Waals surface area contributed by atoms with Crippen LogP contribution in [-0.4, -0.2) is 86.5 Å². The standard InChI is InChI=1S/C27H30F3N3O7/c1-4-33-6-5-14(33)11-9-15(34)17-12(19(11)27(28,29)30)7-10-8-13-20(32(2)3)22(36)18(25(31)39)24(38)26(13,40)23(37)16(10)21(17)35/h9-10,13-14,20,34,36-37,40H,4-8H2,1-3H3,(H2,31,39)/t10-,13-,14?,20-,26-/m0/s1. The van der Waals surface area contributed by atoms with Gasteiger partial charge in [-0.05, 0) is 63.0 Å². The minimum atomic E-state index is -4.87. The molecule has 1 fully saturated rings. The third-order valence-corrected chi connectivity index (χ3v) is 8.93. The number of nitrogens with two attached hydrogens (primary N) is 1. The monoisotopic (exact) mass is 565 g/mol. The summed E-state index contributed by atoms with van der Waals surface area (Å²) < 4.78 is 43.9. The number of alkyl halides is 3. The summed E-state index contributed by atoms with van der Waals surface area (Å²) in [6.07, 6.45) is -5.15. The lowest BCUT2D eigenvalue weighted by atomic mass is 9.58. The van der Waals surface area contributed by atoms with Crippen molar-refractivity contribution in [2.75, 3.05) is 27.2 Å². The van der Waals surface area contributed by atoms with Gasteiger partial charge in [0.05, 0.1) is 17.2 Å². The summed E-state index contributed by atoms with van der Waals surface area (Å²) in [5.41, 5.74) is -1.25. The van der Waals surface area contributed by atoms with Crippen LogP contribution in [0.25, 0.3) is 0 Å². The van der Waals surface area contributed by atoms with Crippen LogP contribution in [0.1, 0.15) is 52.9 Å². The Morgan fingerprint density at radius 1 is 1.23 bits per heavy atom. The van der Waals surface area contributed by atoms with Crippen molar-refractivity contribution in [3.8, 4) is 5.75 Å². The molecule has 0 aromatic heterocycles. The van der Waals surface area contributed by atoms with Crippen LogP contribution in [0.2, 0.25) is 0 Å². The number of Topliss-reactive ketones (excluding diaryl/α,β-unsaturated/α-hetero) is 2. The Labute approximate surface area is 227 Å². The molecule has 0 bridgehead atoms. The number of likely N-dealkylation sites (tertiary alicyclic amines) is 1. The molecule has 10 nitrogen and oxygen atoms in total. The van der Waals surface area contributed by atoms with Crippen molar-refractivity contribution in [1.29, 1.82) is 0 Å². The number of allylic oxidation sites excluding steroid dienone is 1. The number of likely N-dealkylation sites (N-methyl/N-ethyl adjacent to an activating group) is 1. The van der Waals surface area contributed by atoms with Gasteiger partial charge in [0, 0.05) is 24.1 Å². The number of amides is 1. The van der Waals surface area contributed by atoms with Gasteiger partial charge in [0.1, 0.15) is 22.8 Å². The SMILES string of the molecule is CCN1CCC1c1cc(O)c2c(c1C(F)(F)F)C[C@H]1C[C@H]3[C@H](N(C)C)C(O)=C(C(N)=O)C(=O)[C@@]3(O)C(O)=C1C2=O. The number of nitrogens with zero attached hydrogens (tertiary/aromatic N) is 2. The number of rotatable bonds is 4. The molecule has 216 valence electrons. The highest BCUT2D eigenvalue weighted by Crippen LogP contribution is 2.55. The average molecular weight is 566 g/mol. The molecule has 6 N–H and O–H groups in total. The maximum atomic E-state index is 14.6. The zero-order chi connectivity index (χ0) is 29.6. The number of benzene rings is 1. The van der Waals surface area contributed by atoms with E-state index >= 15 is 0 Å². The molecule has 1 aromatic carbocycles. The van der Waals surface area contributed by atoms with Crippen LogP contribution in [0, 0.1) is 11.8 Å². The van der Waals surface area contributed by atoms with Gasteiger partial charge in [0.2, 0.25) is 5.78 Å². The Morgan fingerprint density at radius 3 is 2.38 bits per heavy atom. The van der Waals surface area contributed by atoms with E-state index in [1.165, 1.54) is 19.0 Å². The fraction of sp³-hybridized carbons (Fsp3) is 0.519. The largest absolute Gasteiger partial charge is 0.510 e. The van der Waals surface area contributed by atoms with E-state index in [1.54, 1.807) is 0 Å². The first-order valence-electron chi connectivity index (χ1n) is 12.9. The number of aromatic hydroxyl groups is 1. The number of hydrogen-bond donors (Lipinski definition) is 5. The minimum Gasteiger partial charge on any atom is -0.510 e. The van der Waals surface area contributed by atoms with Crippen molar-refractivity contribution in [1.82, 2.24) is 9.80 Å². The van der Waals surface area contributed by atoms with Crippen molar-refractivity contribution in [2.24, 2.45) is 17.6 Å². The molecule has 3 aliphatic carbocycles. The molecule has 5 rings (SSSR count). The molecule has 0 saturated carbocycles. The fourth-order valence-corrected chi connectivity index (χ4v) is 7.12. The van der Waals surface area contributed by atoms with Gasteiger partial charge >= 0.3 is 6.18 Å². The quantitative estimate of drug-likeness (QED) is 0.343. The summed E-state index contributed by atoms with van der Waals surface area (Å²) in [4.78, 5) is 42.3. The number of carbonyl (C=O) groups excluding carboxylic acids is 3. The lowest BCUT2D eigenvalue weighted by Gasteiger charge is -2.50. The summed E-state index contributed by atoms with van der Waals surface area (Å²) in [6.45, 7) is 2.89. The smallest absolute Gasteiger partial charge is 0.417 e. The maximum absolute atomic E-state index is 14.6. The number of ketones is 2. The van der Waals surface area contributed by atoms with E-state index in [4.69, 9.17) is 5.73 Å². The predicted molar refractivity (Wildman–Crippen MR) is 133 cm³/mol. The number of primary amides is 1. The van der Waals surface area contributed by atoms with Crippen LogP contribution >= 0.6 is 0 Å². The van der Waals surface area contributed by atoms with Gasteiger partial charge < -0.3 is 26.2 Å². The van der Waals surface area contributed by atoms with Gasteiger partial charge in [0.15, 0.2) is 11.4 Å². The van der Waals surface area contributed by atoms with Crippen LogP contribution in [0.4, 0.5) is 13.2 Å². The number of aliphatic hydroxyl groups is 3. The summed E-state index contributed by atoms with van der Waals surface area (Å²) >= 11 is 0. The summed E-state index contributed by atoms with van der Waals surface area (Å²) in [6, 6.07) is -0.900. The molecular formula is C27H30F3N3O7. The molecule has 40 heavy (non-hydrogen) atoms. The molecule has 1 unspecified atom stereocenters. The van der Waals surface area contributed by atoms with Crippen molar-refractivity contribution >= 4 is 17.5 Å². The van der Waals surface area contributed by atoms with Crippen LogP contribution < -0.4 is 5.73 Å². The number of fused-ring (bicyclic) bond motifs is 3. The van der Waals surface area contributed by atoms with E-state index < -0.39 is 105 Å². The first-order valence-corrected chi connectivity index (χ1v) is 12.9. The second kappa shape index (κ2) is 9.05. The first-order chi connectivity index (χ1) is 18.6. The highest BCUT2D eigenvalue weighted by molar-refractivity contribution is 6.24. The normalized spacial score (nSPS) is 30.7. The minimum absolute atomic E-state index is 0.140. The lowest BCUT2D eigenvalue weighted by molar-refractivity contribution is -0.148. The summed E-state index contributed by atoms with van der Waals surface area (Å²) in [5.74, 6) is -8.92. The molecule has 0 radical (unpaired) electrons. The number of phenolic OH excluding ortho intramolecular Hbond substituents is 1. The van der Waals surface area contributed by atoms with E-state index in [0.29, 0.717) is 19.5 Å². The van der Waals surface area contributed by atoms with Crippen molar-refractivity contribution in [2.45, 2.75) is 50.0 Å². The Kier molecular flexibility index (Phi) is 6.36. The second-order valence-corrected chi connectivity index (χ2v) is 11.1. The Balaban J connectivity index is 1.74. The number of hydrogen-bond acceptors (Lipinski definition) is 9. The average Bonchev–Trinajstić information content (AvgIpc) is 2.79. The van der Waals surface area contributed by atoms with E-state index in [0.717, 1.165) is 6.07 Å². The molecule has 1 amide bonds. The van der Waals surface area contributed by atoms with Crippen LogP contribution in [0.3, 0.4) is 0 Å². The van der Waals surface area contributed by atoms with Gasteiger partial charge in [0.25, 0.3) is 5.91 Å². The van der Waals surface area contributed by atoms with Gasteiger partial charge in [-0.2, -0.15) is 13.2 Å². The van der Waals surface area contributed by atoms with Gasteiger partial charge in [-0.3, -0.25) is 24.2 Å². The highest BCUT2D eigenvalue weighted by atomic mass is 19.4. The maximum Gasteiger partial charge on any atom is 0.417 e. The first kappa shape index (κ1) is 28.1. The van der Waals surface area contributed by atoms with Crippen LogP contribution in [-0.2, 0) is 22.2 Å². The topological polar surface area (TPSA) is 165 Å². The Morgan fingerprint density at radius 2 is 1.88 bits per heavy atom. The molecule has 5 atom stereocenters. The van der Waals surface area contributed by atoms with E-state index in [1.807, 2.05) is 11.8 Å². The van der Waals surface area contributed by atoms with E-state index in [-0.39, 0.29) is 12.0 Å². The molecule has 1 aliphatic heterocycles. The second-order valence-electron chi connectivity index (χ2n) is 11.1. The van der Waals surface area contributed by atoms with Gasteiger partial charge in [-0.25, -0.2) is 0 Å². The van der Waals surface area contributed by atoms with Gasteiger partial charge in [-0.15, -0.1) is 0 Å². The number of halogens is 3. The number of carbonyl (C=O) groups is 3.